The van der Waals surface area contributed by atoms with Crippen molar-refractivity contribution in [3.05, 3.63) is 52.5 Å². The number of carbonyl (C=O) groups is 1. The normalized spacial score (nSPS) is 11.2. The molecule has 0 fully saturated rings. The molecule has 1 amide bonds. The highest BCUT2D eigenvalue weighted by molar-refractivity contribution is 5.82. The first-order chi connectivity index (χ1) is 11.5. The van der Waals surface area contributed by atoms with Crippen LogP contribution >= 0.6 is 0 Å². The number of hydrogen-bond donors (Lipinski definition) is 1. The molecular formula is C19H23N3O2. The minimum Gasteiger partial charge on any atom is -0.459 e. The highest BCUT2D eigenvalue weighted by atomic mass is 16.3. The molecule has 0 atom stereocenters. The summed E-state index contributed by atoms with van der Waals surface area (Å²) < 4.78 is 7.69. The first-order valence-corrected chi connectivity index (χ1v) is 8.20. The Labute approximate surface area is 141 Å². The van der Waals surface area contributed by atoms with E-state index in [1.807, 2.05) is 56.8 Å². The fourth-order valence-electron chi connectivity index (χ4n) is 3.08. The number of aryl methyl sites for hydroxylation is 3. The lowest BCUT2D eigenvalue weighted by Gasteiger charge is -2.05. The second-order valence-electron chi connectivity index (χ2n) is 6.20. The fourth-order valence-corrected chi connectivity index (χ4v) is 3.08. The number of amides is 1. The Balaban J connectivity index is 1.60. The van der Waals surface area contributed by atoms with E-state index in [4.69, 9.17) is 4.42 Å². The molecule has 0 aliphatic carbocycles. The zero-order valence-corrected chi connectivity index (χ0v) is 14.6. The van der Waals surface area contributed by atoms with E-state index in [1.165, 1.54) is 0 Å². The smallest absolute Gasteiger partial charge is 0.220 e. The van der Waals surface area contributed by atoms with Crippen molar-refractivity contribution in [2.45, 2.75) is 40.2 Å². The van der Waals surface area contributed by atoms with Gasteiger partial charge >= 0.3 is 0 Å². The van der Waals surface area contributed by atoms with Gasteiger partial charge < -0.3 is 9.73 Å². The van der Waals surface area contributed by atoms with Crippen molar-refractivity contribution in [1.29, 1.82) is 0 Å². The lowest BCUT2D eigenvalue weighted by Crippen LogP contribution is -2.23. The van der Waals surface area contributed by atoms with E-state index >= 15 is 0 Å². The number of carbonyl (C=O) groups excluding carboxylic acids is 1. The van der Waals surface area contributed by atoms with E-state index in [1.54, 1.807) is 0 Å². The molecule has 0 saturated carbocycles. The van der Waals surface area contributed by atoms with E-state index in [0.717, 1.165) is 39.2 Å². The van der Waals surface area contributed by atoms with Gasteiger partial charge in [0.05, 0.1) is 12.2 Å². The van der Waals surface area contributed by atoms with Crippen LogP contribution in [-0.4, -0.2) is 15.7 Å². The van der Waals surface area contributed by atoms with Crippen LogP contribution in [0.2, 0.25) is 0 Å². The van der Waals surface area contributed by atoms with E-state index in [2.05, 4.69) is 10.4 Å². The van der Waals surface area contributed by atoms with Gasteiger partial charge in [-0.3, -0.25) is 9.48 Å². The van der Waals surface area contributed by atoms with E-state index in [-0.39, 0.29) is 5.91 Å². The van der Waals surface area contributed by atoms with E-state index in [9.17, 15) is 4.79 Å². The van der Waals surface area contributed by atoms with Crippen LogP contribution in [0.25, 0.3) is 11.0 Å². The van der Waals surface area contributed by atoms with E-state index < -0.39 is 0 Å². The van der Waals surface area contributed by atoms with Gasteiger partial charge in [0.25, 0.3) is 0 Å². The third kappa shape index (κ3) is 3.07. The van der Waals surface area contributed by atoms with Crippen molar-refractivity contribution in [3.63, 3.8) is 0 Å². The maximum Gasteiger partial charge on any atom is 0.220 e. The summed E-state index contributed by atoms with van der Waals surface area (Å²) in [5.41, 5.74) is 5.22. The number of benzene rings is 1. The first-order valence-electron chi connectivity index (χ1n) is 8.20. The first kappa shape index (κ1) is 16.3. The summed E-state index contributed by atoms with van der Waals surface area (Å²) in [5.74, 6) is 0.843. The highest BCUT2D eigenvalue weighted by Gasteiger charge is 2.13. The van der Waals surface area contributed by atoms with Crippen molar-refractivity contribution in [2.24, 2.45) is 7.05 Å². The predicted molar refractivity (Wildman–Crippen MR) is 93.8 cm³/mol. The third-order valence-corrected chi connectivity index (χ3v) is 4.65. The Morgan fingerprint density at radius 2 is 2.00 bits per heavy atom. The number of fused-ring (bicyclic) bond motifs is 1. The average Bonchev–Trinajstić information content (AvgIpc) is 3.01. The molecule has 0 spiro atoms. The third-order valence-electron chi connectivity index (χ3n) is 4.65. The second kappa shape index (κ2) is 6.51. The summed E-state index contributed by atoms with van der Waals surface area (Å²) in [6, 6.07) is 7.92. The van der Waals surface area contributed by atoms with Crippen molar-refractivity contribution in [1.82, 2.24) is 15.1 Å². The molecule has 0 bridgehead atoms. The molecular weight excluding hydrogens is 302 g/mol. The molecule has 5 nitrogen and oxygen atoms in total. The number of nitrogens with zero attached hydrogens (tertiary/aromatic N) is 2. The van der Waals surface area contributed by atoms with Crippen LogP contribution in [0.15, 0.2) is 28.7 Å². The Kier molecular flexibility index (Phi) is 4.42. The van der Waals surface area contributed by atoms with Gasteiger partial charge in [-0.25, -0.2) is 0 Å². The van der Waals surface area contributed by atoms with Crippen molar-refractivity contribution < 1.29 is 9.21 Å². The molecule has 0 aliphatic rings. The standard InChI is InChI=1S/C19H23N3O2/c1-12-15-7-5-6-8-17(15)24-18(12)11-20-19(23)10-9-16-13(2)21-22(4)14(16)3/h5-8H,9-11H2,1-4H3,(H,20,23). The van der Waals surface area contributed by atoms with Crippen LogP contribution in [0.4, 0.5) is 0 Å². The van der Waals surface area contributed by atoms with Crippen LogP contribution in [-0.2, 0) is 24.8 Å². The average molecular weight is 325 g/mol. The van der Waals surface area contributed by atoms with Gasteiger partial charge in [0, 0.05) is 30.1 Å². The Morgan fingerprint density at radius 1 is 1.25 bits per heavy atom. The van der Waals surface area contributed by atoms with Crippen molar-refractivity contribution in [3.8, 4) is 0 Å². The molecule has 1 N–H and O–H groups in total. The predicted octanol–water partition coefficient (Wildman–Crippen LogP) is 3.34. The highest BCUT2D eigenvalue weighted by Crippen LogP contribution is 2.24. The van der Waals surface area contributed by atoms with Gasteiger partial charge in [-0.2, -0.15) is 5.10 Å². The Hall–Kier alpha value is -2.56. The monoisotopic (exact) mass is 325 g/mol. The molecule has 126 valence electrons. The summed E-state index contributed by atoms with van der Waals surface area (Å²) in [6.07, 6.45) is 1.16. The van der Waals surface area contributed by atoms with Crippen LogP contribution in [0.3, 0.4) is 0 Å². The number of aromatic nitrogens is 2. The van der Waals surface area contributed by atoms with Crippen LogP contribution < -0.4 is 5.32 Å². The van der Waals surface area contributed by atoms with Crippen LogP contribution in [0, 0.1) is 20.8 Å². The summed E-state index contributed by atoms with van der Waals surface area (Å²) in [7, 11) is 1.93. The zero-order valence-electron chi connectivity index (χ0n) is 14.6. The number of rotatable bonds is 5. The van der Waals surface area contributed by atoms with Crippen molar-refractivity contribution >= 4 is 16.9 Å². The molecule has 0 radical (unpaired) electrons. The summed E-state index contributed by atoms with van der Waals surface area (Å²) in [5, 5.41) is 8.45. The van der Waals surface area contributed by atoms with Crippen LogP contribution in [0.5, 0.6) is 0 Å². The van der Waals surface area contributed by atoms with Gasteiger partial charge in [-0.05, 0) is 38.8 Å². The molecule has 3 rings (SSSR count). The molecule has 24 heavy (non-hydrogen) atoms. The number of hydrogen-bond acceptors (Lipinski definition) is 3. The lowest BCUT2D eigenvalue weighted by molar-refractivity contribution is -0.121. The minimum atomic E-state index is 0.0255. The van der Waals surface area contributed by atoms with Crippen molar-refractivity contribution in [2.75, 3.05) is 0 Å². The molecule has 0 unspecified atom stereocenters. The van der Waals surface area contributed by atoms with Gasteiger partial charge in [0.1, 0.15) is 11.3 Å². The summed E-state index contributed by atoms with van der Waals surface area (Å²) in [6.45, 7) is 6.46. The molecule has 1 aromatic carbocycles. The Bertz CT molecular complexity index is 890. The van der Waals surface area contributed by atoms with E-state index in [0.29, 0.717) is 19.4 Å². The quantitative estimate of drug-likeness (QED) is 0.782. The fraction of sp³-hybridized carbons (Fsp3) is 0.368. The SMILES string of the molecule is Cc1nn(C)c(C)c1CCC(=O)NCc1oc2ccccc2c1C. The minimum absolute atomic E-state index is 0.0255. The second-order valence-corrected chi connectivity index (χ2v) is 6.20. The summed E-state index contributed by atoms with van der Waals surface area (Å²) >= 11 is 0. The van der Waals surface area contributed by atoms with Gasteiger partial charge in [-0.15, -0.1) is 0 Å². The number of para-hydroxylation sites is 1. The maximum absolute atomic E-state index is 12.2. The van der Waals surface area contributed by atoms with Gasteiger partial charge in [-0.1, -0.05) is 18.2 Å². The number of furan rings is 1. The van der Waals surface area contributed by atoms with Gasteiger partial charge in [0.2, 0.25) is 5.91 Å². The lowest BCUT2D eigenvalue weighted by atomic mass is 10.1. The largest absolute Gasteiger partial charge is 0.459 e. The topological polar surface area (TPSA) is 60.1 Å². The summed E-state index contributed by atoms with van der Waals surface area (Å²) in [4.78, 5) is 12.2. The molecule has 3 aromatic rings. The molecule has 0 saturated heterocycles. The molecule has 2 heterocycles. The van der Waals surface area contributed by atoms with Crippen LogP contribution in [0.1, 0.15) is 34.7 Å². The number of nitrogens with one attached hydrogen (secondary N) is 1. The molecule has 0 aliphatic heterocycles. The zero-order chi connectivity index (χ0) is 17.3. The molecule has 5 heteroatoms. The maximum atomic E-state index is 12.2. The molecule has 2 aromatic heterocycles. The van der Waals surface area contributed by atoms with Gasteiger partial charge in [0.15, 0.2) is 0 Å². The Morgan fingerprint density at radius 3 is 2.67 bits per heavy atom.